The van der Waals surface area contributed by atoms with Gasteiger partial charge in [0.15, 0.2) is 0 Å². The number of hydrogen-bond donors (Lipinski definition) is 1. The number of nitrogens with one attached hydrogen (secondary N) is 1. The molecule has 1 aromatic carbocycles. The van der Waals surface area contributed by atoms with Crippen molar-refractivity contribution in [2.75, 3.05) is 11.9 Å². The molecule has 1 N–H and O–H groups in total. The summed E-state index contributed by atoms with van der Waals surface area (Å²) in [5, 5.41) is 11.4. The second kappa shape index (κ2) is 7.61. The molecule has 4 rings (SSSR count). The maximum atomic E-state index is 13.3. The number of halogens is 1. The summed E-state index contributed by atoms with van der Waals surface area (Å²) < 4.78 is 16.8. The lowest BCUT2D eigenvalue weighted by Crippen LogP contribution is -2.40. The van der Waals surface area contributed by atoms with E-state index >= 15 is 0 Å². The highest BCUT2D eigenvalue weighted by Gasteiger charge is 2.29. The molecule has 2 amide bonds. The quantitative estimate of drug-likeness (QED) is 0.753. The van der Waals surface area contributed by atoms with Gasteiger partial charge in [-0.05, 0) is 36.6 Å². The Hall–Kier alpha value is -3.16. The lowest BCUT2D eigenvalue weighted by Gasteiger charge is -2.24. The van der Waals surface area contributed by atoms with Crippen molar-refractivity contribution >= 4 is 11.7 Å². The summed E-state index contributed by atoms with van der Waals surface area (Å²) in [5.41, 5.74) is 1.44. The molecule has 27 heavy (non-hydrogen) atoms. The number of benzene rings is 1. The molecule has 3 aromatic rings. The van der Waals surface area contributed by atoms with E-state index in [0.29, 0.717) is 18.8 Å². The van der Waals surface area contributed by atoms with Crippen molar-refractivity contribution in [1.82, 2.24) is 24.5 Å². The van der Waals surface area contributed by atoms with Crippen LogP contribution >= 0.6 is 0 Å². The van der Waals surface area contributed by atoms with Crippen molar-refractivity contribution in [2.45, 2.75) is 32.0 Å². The van der Waals surface area contributed by atoms with E-state index in [1.807, 2.05) is 27.9 Å². The number of rotatable bonds is 5. The van der Waals surface area contributed by atoms with Crippen LogP contribution < -0.4 is 5.32 Å². The number of carbonyl (C=O) groups excluding carboxylic acids is 1. The van der Waals surface area contributed by atoms with Crippen molar-refractivity contribution in [3.8, 4) is 0 Å². The van der Waals surface area contributed by atoms with Crippen LogP contribution in [0.25, 0.3) is 0 Å². The van der Waals surface area contributed by atoms with Gasteiger partial charge in [0.05, 0.1) is 31.0 Å². The summed E-state index contributed by atoms with van der Waals surface area (Å²) in [6, 6.07) is 8.28. The van der Waals surface area contributed by atoms with E-state index in [1.54, 1.807) is 29.3 Å². The van der Waals surface area contributed by atoms with Crippen LogP contribution in [-0.4, -0.2) is 43.1 Å². The average molecular weight is 368 g/mol. The first-order chi connectivity index (χ1) is 13.2. The van der Waals surface area contributed by atoms with E-state index < -0.39 is 0 Å². The first-order valence-corrected chi connectivity index (χ1v) is 8.99. The summed E-state index contributed by atoms with van der Waals surface area (Å²) in [6.07, 6.45) is 8.96. The van der Waals surface area contributed by atoms with Gasteiger partial charge in [0.25, 0.3) is 0 Å². The van der Waals surface area contributed by atoms with Gasteiger partial charge < -0.3 is 10.2 Å². The number of carbonyl (C=O) groups is 1. The van der Waals surface area contributed by atoms with Crippen molar-refractivity contribution in [3.05, 3.63) is 66.5 Å². The third-order valence-electron chi connectivity index (χ3n) is 4.71. The smallest absolute Gasteiger partial charge is 0.320 e. The van der Waals surface area contributed by atoms with Gasteiger partial charge >= 0.3 is 6.03 Å². The molecule has 1 unspecified atom stereocenters. The van der Waals surface area contributed by atoms with Gasteiger partial charge in [-0.15, -0.1) is 0 Å². The van der Waals surface area contributed by atoms with Gasteiger partial charge in [0.2, 0.25) is 0 Å². The molecule has 8 heteroatoms. The Morgan fingerprint density at radius 2 is 2.19 bits per heavy atom. The van der Waals surface area contributed by atoms with Crippen LogP contribution in [0.2, 0.25) is 0 Å². The maximum absolute atomic E-state index is 13.3. The third-order valence-corrected chi connectivity index (χ3v) is 4.71. The molecular weight excluding hydrogens is 347 g/mol. The monoisotopic (exact) mass is 368 g/mol. The SMILES string of the molecule is O=C(Nc1cnn(Cc2cccc(F)c2)c1)N1CCCC1Cn1cccn1. The Morgan fingerprint density at radius 3 is 3.00 bits per heavy atom. The van der Waals surface area contributed by atoms with Gasteiger partial charge in [0.1, 0.15) is 5.82 Å². The van der Waals surface area contributed by atoms with E-state index in [-0.39, 0.29) is 17.9 Å². The maximum Gasteiger partial charge on any atom is 0.322 e. The lowest BCUT2D eigenvalue weighted by atomic mass is 10.2. The third kappa shape index (κ3) is 4.16. The molecule has 0 radical (unpaired) electrons. The minimum atomic E-state index is -0.273. The minimum Gasteiger partial charge on any atom is -0.320 e. The summed E-state index contributed by atoms with van der Waals surface area (Å²) in [4.78, 5) is 14.5. The fourth-order valence-electron chi connectivity index (χ4n) is 3.45. The molecule has 1 aliphatic rings. The molecule has 1 fully saturated rings. The Bertz CT molecular complexity index is 907. The van der Waals surface area contributed by atoms with Crippen molar-refractivity contribution < 1.29 is 9.18 Å². The van der Waals surface area contributed by atoms with Crippen LogP contribution in [0.4, 0.5) is 14.9 Å². The molecule has 3 heterocycles. The highest BCUT2D eigenvalue weighted by Crippen LogP contribution is 2.20. The highest BCUT2D eigenvalue weighted by atomic mass is 19.1. The average Bonchev–Trinajstić information content (AvgIpc) is 3.38. The van der Waals surface area contributed by atoms with Crippen molar-refractivity contribution in [3.63, 3.8) is 0 Å². The first kappa shape index (κ1) is 17.3. The Labute approximate surface area is 156 Å². The van der Waals surface area contributed by atoms with Crippen LogP contribution in [0.1, 0.15) is 18.4 Å². The highest BCUT2D eigenvalue weighted by molar-refractivity contribution is 5.89. The predicted molar refractivity (Wildman–Crippen MR) is 98.7 cm³/mol. The Balaban J connectivity index is 1.37. The number of aromatic nitrogens is 4. The molecule has 0 bridgehead atoms. The van der Waals surface area contributed by atoms with Crippen LogP contribution in [0.3, 0.4) is 0 Å². The molecule has 1 aliphatic heterocycles. The van der Waals surface area contributed by atoms with E-state index in [1.165, 1.54) is 12.1 Å². The van der Waals surface area contributed by atoms with Gasteiger partial charge in [-0.2, -0.15) is 10.2 Å². The normalized spacial score (nSPS) is 16.6. The topological polar surface area (TPSA) is 68.0 Å². The molecular formula is C19H21FN6O. The summed E-state index contributed by atoms with van der Waals surface area (Å²) >= 11 is 0. The van der Waals surface area contributed by atoms with Crippen LogP contribution in [0.15, 0.2) is 55.1 Å². The van der Waals surface area contributed by atoms with Crippen molar-refractivity contribution in [2.24, 2.45) is 0 Å². The van der Waals surface area contributed by atoms with E-state index in [4.69, 9.17) is 0 Å². The van der Waals surface area contributed by atoms with Crippen LogP contribution in [0, 0.1) is 5.82 Å². The van der Waals surface area contributed by atoms with Crippen LogP contribution in [0.5, 0.6) is 0 Å². The zero-order valence-corrected chi connectivity index (χ0v) is 14.8. The summed E-state index contributed by atoms with van der Waals surface area (Å²) in [7, 11) is 0. The fourth-order valence-corrected chi connectivity index (χ4v) is 3.45. The molecule has 7 nitrogen and oxygen atoms in total. The van der Waals surface area contributed by atoms with Gasteiger partial charge in [0, 0.05) is 25.1 Å². The van der Waals surface area contributed by atoms with Gasteiger partial charge in [-0.25, -0.2) is 9.18 Å². The van der Waals surface area contributed by atoms with E-state index in [9.17, 15) is 9.18 Å². The number of hydrogen-bond acceptors (Lipinski definition) is 3. The zero-order chi connectivity index (χ0) is 18.6. The Kier molecular flexibility index (Phi) is 4.86. The molecule has 0 saturated carbocycles. The standard InChI is InChI=1S/C19H21FN6O/c20-16-5-1-4-15(10-16)12-25-13-17(11-22-25)23-19(27)26-9-2-6-18(26)14-24-8-3-7-21-24/h1,3-5,7-8,10-11,13,18H,2,6,9,12,14H2,(H,23,27). The molecule has 140 valence electrons. The van der Waals surface area contributed by atoms with Gasteiger partial charge in [-0.3, -0.25) is 9.36 Å². The van der Waals surface area contributed by atoms with Gasteiger partial charge in [-0.1, -0.05) is 12.1 Å². The number of anilines is 1. The number of amides is 2. The number of nitrogens with zero attached hydrogens (tertiary/aromatic N) is 5. The molecule has 1 saturated heterocycles. The first-order valence-electron chi connectivity index (χ1n) is 8.99. The minimum absolute atomic E-state index is 0.130. The largest absolute Gasteiger partial charge is 0.322 e. The molecule has 0 aliphatic carbocycles. The number of urea groups is 1. The van der Waals surface area contributed by atoms with Crippen LogP contribution in [-0.2, 0) is 13.1 Å². The second-order valence-electron chi connectivity index (χ2n) is 6.70. The molecule has 0 spiro atoms. The lowest BCUT2D eigenvalue weighted by molar-refractivity contribution is 0.199. The predicted octanol–water partition coefficient (Wildman–Crippen LogP) is 2.96. The molecule has 2 aromatic heterocycles. The van der Waals surface area contributed by atoms with Crippen molar-refractivity contribution in [1.29, 1.82) is 0 Å². The number of likely N-dealkylation sites (tertiary alicyclic amines) is 1. The fraction of sp³-hybridized carbons (Fsp3) is 0.316. The summed E-state index contributed by atoms with van der Waals surface area (Å²) in [5.74, 6) is -0.273. The zero-order valence-electron chi connectivity index (χ0n) is 14.8. The van der Waals surface area contributed by atoms with E-state index in [0.717, 1.165) is 24.9 Å². The molecule has 1 atom stereocenters. The van der Waals surface area contributed by atoms with E-state index in [2.05, 4.69) is 15.5 Å². The second-order valence-corrected chi connectivity index (χ2v) is 6.70. The summed E-state index contributed by atoms with van der Waals surface area (Å²) in [6.45, 7) is 1.87. The Morgan fingerprint density at radius 1 is 1.26 bits per heavy atom.